The second-order valence-electron chi connectivity index (χ2n) is 7.07. The fourth-order valence-electron chi connectivity index (χ4n) is 3.65. The minimum Gasteiger partial charge on any atom is -0.352 e. The number of nitrogens with one attached hydrogen (secondary N) is 1. The van der Waals surface area contributed by atoms with Gasteiger partial charge in [-0.05, 0) is 45.9 Å². The first-order valence-electron chi connectivity index (χ1n) is 9.65. The van der Waals surface area contributed by atoms with Gasteiger partial charge >= 0.3 is 0 Å². The van der Waals surface area contributed by atoms with E-state index in [-0.39, 0.29) is 5.91 Å². The van der Waals surface area contributed by atoms with E-state index in [4.69, 9.17) is 0 Å². The van der Waals surface area contributed by atoms with Gasteiger partial charge in [0.25, 0.3) is 5.91 Å². The second-order valence-corrected chi connectivity index (χ2v) is 7.07. The van der Waals surface area contributed by atoms with Crippen molar-refractivity contribution in [2.45, 2.75) is 45.7 Å². The zero-order chi connectivity index (χ0) is 18.5. The summed E-state index contributed by atoms with van der Waals surface area (Å²) in [4.78, 5) is 21.7. The average molecular weight is 358 g/mol. The van der Waals surface area contributed by atoms with Gasteiger partial charge in [0.05, 0.1) is 6.20 Å². The molecule has 7 nitrogen and oxygen atoms in total. The Labute approximate surface area is 155 Å². The Hall–Kier alpha value is -1.99. The number of carbonyl (C=O) groups is 1. The molecule has 0 radical (unpaired) electrons. The van der Waals surface area contributed by atoms with Crippen molar-refractivity contribution in [3.63, 3.8) is 0 Å². The highest BCUT2D eigenvalue weighted by Crippen LogP contribution is 2.17. The van der Waals surface area contributed by atoms with Crippen molar-refractivity contribution in [1.29, 1.82) is 0 Å². The minimum atomic E-state index is -0.0929. The van der Waals surface area contributed by atoms with Crippen LogP contribution in [0.25, 0.3) is 5.65 Å². The van der Waals surface area contributed by atoms with Crippen molar-refractivity contribution >= 4 is 11.6 Å². The van der Waals surface area contributed by atoms with Crippen LogP contribution in [-0.2, 0) is 6.54 Å². The summed E-state index contributed by atoms with van der Waals surface area (Å²) in [6.07, 6.45) is 8.89. The highest BCUT2D eigenvalue weighted by Gasteiger charge is 2.21. The van der Waals surface area contributed by atoms with Crippen LogP contribution in [0.2, 0.25) is 0 Å². The molecule has 1 aliphatic heterocycles. The Morgan fingerprint density at radius 3 is 2.85 bits per heavy atom. The topological polar surface area (TPSA) is 65.8 Å². The molecule has 1 atom stereocenters. The predicted molar refractivity (Wildman–Crippen MR) is 102 cm³/mol. The third kappa shape index (κ3) is 4.22. The molecule has 3 heterocycles. The van der Waals surface area contributed by atoms with Gasteiger partial charge in [0, 0.05) is 37.1 Å². The lowest BCUT2D eigenvalue weighted by atomic mass is 10.1. The van der Waals surface area contributed by atoms with Crippen molar-refractivity contribution in [1.82, 2.24) is 29.7 Å². The Kier molecular flexibility index (Phi) is 6.21. The molecular formula is C19H30N6O. The van der Waals surface area contributed by atoms with Gasteiger partial charge in [-0.2, -0.15) is 5.10 Å². The summed E-state index contributed by atoms with van der Waals surface area (Å²) in [6, 6.07) is 0.583. The number of amides is 1. The predicted octanol–water partition coefficient (Wildman–Crippen LogP) is 1.79. The van der Waals surface area contributed by atoms with Gasteiger partial charge in [0.1, 0.15) is 5.56 Å². The summed E-state index contributed by atoms with van der Waals surface area (Å²) >= 11 is 0. The summed E-state index contributed by atoms with van der Waals surface area (Å²) in [5.41, 5.74) is 2.25. The van der Waals surface area contributed by atoms with Crippen LogP contribution in [0.1, 0.15) is 49.0 Å². The third-order valence-corrected chi connectivity index (χ3v) is 5.39. The number of likely N-dealkylation sites (tertiary alicyclic amines) is 1. The van der Waals surface area contributed by atoms with Gasteiger partial charge in [-0.1, -0.05) is 13.8 Å². The van der Waals surface area contributed by atoms with E-state index in [1.54, 1.807) is 10.7 Å². The number of aromatic nitrogens is 3. The van der Waals surface area contributed by atoms with Crippen LogP contribution in [-0.4, -0.2) is 69.6 Å². The molecule has 26 heavy (non-hydrogen) atoms. The number of nitrogens with zero attached hydrogens (tertiary/aromatic N) is 5. The average Bonchev–Trinajstić information content (AvgIpc) is 3.25. The van der Waals surface area contributed by atoms with Crippen LogP contribution in [0.4, 0.5) is 0 Å². The lowest BCUT2D eigenvalue weighted by molar-refractivity contribution is 0.0951. The normalized spacial score (nSPS) is 18.1. The SMILES string of the molecule is CCN(CC)Cc1cnc2c(C(=O)NCC[C@H]3CCCN3C)cnn2c1. The lowest BCUT2D eigenvalue weighted by Crippen LogP contribution is -2.31. The number of fused-ring (bicyclic) bond motifs is 1. The number of hydrogen-bond donors (Lipinski definition) is 1. The number of hydrogen-bond acceptors (Lipinski definition) is 5. The summed E-state index contributed by atoms with van der Waals surface area (Å²) < 4.78 is 1.71. The molecule has 1 amide bonds. The number of carbonyl (C=O) groups excluding carboxylic acids is 1. The molecule has 3 rings (SSSR count). The molecule has 142 valence electrons. The van der Waals surface area contributed by atoms with Crippen LogP contribution in [0.15, 0.2) is 18.6 Å². The molecule has 2 aromatic heterocycles. The second kappa shape index (κ2) is 8.60. The Balaban J connectivity index is 1.61. The summed E-state index contributed by atoms with van der Waals surface area (Å²) in [5, 5.41) is 7.35. The summed E-state index contributed by atoms with van der Waals surface area (Å²) in [6.45, 7) is 8.98. The van der Waals surface area contributed by atoms with Gasteiger partial charge in [-0.25, -0.2) is 9.50 Å². The van der Waals surface area contributed by atoms with E-state index < -0.39 is 0 Å². The van der Waals surface area contributed by atoms with Crippen molar-refractivity contribution in [2.24, 2.45) is 0 Å². The van der Waals surface area contributed by atoms with Crippen molar-refractivity contribution in [2.75, 3.05) is 33.2 Å². The van der Waals surface area contributed by atoms with Crippen LogP contribution in [0.3, 0.4) is 0 Å². The quantitative estimate of drug-likeness (QED) is 0.779. The first kappa shape index (κ1) is 18.8. The van der Waals surface area contributed by atoms with Crippen molar-refractivity contribution in [3.05, 3.63) is 29.7 Å². The first-order valence-corrected chi connectivity index (χ1v) is 9.65. The fourth-order valence-corrected chi connectivity index (χ4v) is 3.65. The van der Waals surface area contributed by atoms with E-state index in [9.17, 15) is 4.79 Å². The molecular weight excluding hydrogens is 328 g/mol. The third-order valence-electron chi connectivity index (χ3n) is 5.39. The molecule has 0 unspecified atom stereocenters. The molecule has 1 N–H and O–H groups in total. The molecule has 1 aliphatic rings. The molecule has 0 aromatic carbocycles. The Morgan fingerprint density at radius 2 is 2.15 bits per heavy atom. The zero-order valence-corrected chi connectivity index (χ0v) is 16.1. The van der Waals surface area contributed by atoms with Gasteiger partial charge in [0.2, 0.25) is 0 Å². The van der Waals surface area contributed by atoms with Crippen LogP contribution in [0.5, 0.6) is 0 Å². The molecule has 0 bridgehead atoms. The summed E-state index contributed by atoms with van der Waals surface area (Å²) in [7, 11) is 2.16. The van der Waals surface area contributed by atoms with Crippen LogP contribution >= 0.6 is 0 Å². The maximum Gasteiger partial charge on any atom is 0.256 e. The van der Waals surface area contributed by atoms with E-state index in [2.05, 4.69) is 46.1 Å². The zero-order valence-electron chi connectivity index (χ0n) is 16.1. The molecule has 0 saturated carbocycles. The standard InChI is InChI=1S/C19H30N6O/c1-4-24(5-2)13-15-11-21-18-17(12-22-25(18)14-15)19(26)20-9-8-16-7-6-10-23(16)3/h11-12,14,16H,4-10,13H2,1-3H3,(H,20,26)/t16-/m1/s1. The molecule has 1 saturated heterocycles. The van der Waals surface area contributed by atoms with E-state index in [1.165, 1.54) is 12.8 Å². The van der Waals surface area contributed by atoms with Gasteiger partial charge in [-0.15, -0.1) is 0 Å². The van der Waals surface area contributed by atoms with Crippen molar-refractivity contribution in [3.8, 4) is 0 Å². The molecule has 0 aliphatic carbocycles. The van der Waals surface area contributed by atoms with Crippen molar-refractivity contribution < 1.29 is 4.79 Å². The van der Waals surface area contributed by atoms with Gasteiger partial charge in [-0.3, -0.25) is 9.69 Å². The monoisotopic (exact) mass is 358 g/mol. The van der Waals surface area contributed by atoms with Crippen LogP contribution < -0.4 is 5.32 Å². The van der Waals surface area contributed by atoms with E-state index in [1.807, 2.05) is 12.4 Å². The van der Waals surface area contributed by atoms with Gasteiger partial charge < -0.3 is 10.2 Å². The Morgan fingerprint density at radius 1 is 1.35 bits per heavy atom. The maximum absolute atomic E-state index is 12.5. The highest BCUT2D eigenvalue weighted by atomic mass is 16.1. The molecule has 7 heteroatoms. The van der Waals surface area contributed by atoms with E-state index in [0.717, 1.165) is 38.2 Å². The Bertz CT molecular complexity index is 739. The molecule has 1 fully saturated rings. The highest BCUT2D eigenvalue weighted by molar-refractivity contribution is 5.99. The van der Waals surface area contributed by atoms with Gasteiger partial charge in [0.15, 0.2) is 5.65 Å². The summed E-state index contributed by atoms with van der Waals surface area (Å²) in [5.74, 6) is -0.0929. The minimum absolute atomic E-state index is 0.0929. The number of rotatable bonds is 8. The van der Waals surface area contributed by atoms with Crippen LogP contribution in [0, 0.1) is 0 Å². The van der Waals surface area contributed by atoms with E-state index >= 15 is 0 Å². The smallest absolute Gasteiger partial charge is 0.256 e. The largest absolute Gasteiger partial charge is 0.352 e. The molecule has 0 spiro atoms. The fraction of sp³-hybridized carbons (Fsp3) is 0.632. The molecule has 2 aromatic rings. The van der Waals surface area contributed by atoms with E-state index in [0.29, 0.717) is 23.8 Å². The maximum atomic E-state index is 12.5. The first-order chi connectivity index (χ1) is 12.6. The lowest BCUT2D eigenvalue weighted by Gasteiger charge is -2.19.